The van der Waals surface area contributed by atoms with Crippen LogP contribution in [0.5, 0.6) is 0 Å². The van der Waals surface area contributed by atoms with Crippen molar-refractivity contribution in [3.63, 3.8) is 0 Å². The van der Waals surface area contributed by atoms with Crippen molar-refractivity contribution in [3.05, 3.63) is 46.9 Å². The number of thiophene rings is 1. The van der Waals surface area contributed by atoms with E-state index in [4.69, 9.17) is 0 Å². The summed E-state index contributed by atoms with van der Waals surface area (Å²) in [4.78, 5) is 17.0. The van der Waals surface area contributed by atoms with Crippen LogP contribution in [0.25, 0.3) is 16.9 Å². The average Bonchev–Trinajstić information content (AvgIpc) is 3.13. The van der Waals surface area contributed by atoms with Crippen LogP contribution >= 0.6 is 11.3 Å². The molecule has 1 N–H and O–H groups in total. The number of nitrogens with zero attached hydrogens (tertiary/aromatic N) is 2. The maximum Gasteiger partial charge on any atom is 0.272 e. The van der Waals surface area contributed by atoms with E-state index < -0.39 is 0 Å². The molecule has 3 rings (SSSR count). The molecule has 1 amide bonds. The van der Waals surface area contributed by atoms with E-state index in [9.17, 15) is 4.79 Å². The second-order valence-corrected chi connectivity index (χ2v) is 5.81. The zero-order chi connectivity index (χ0) is 14.8. The number of fused-ring (bicyclic) bond motifs is 1. The van der Waals surface area contributed by atoms with E-state index in [-0.39, 0.29) is 11.9 Å². The molecular formula is C16H17N3OS. The zero-order valence-electron chi connectivity index (χ0n) is 12.0. The fraction of sp³-hybridized carbons (Fsp3) is 0.250. The van der Waals surface area contributed by atoms with Crippen LogP contribution in [0, 0.1) is 0 Å². The highest BCUT2D eigenvalue weighted by atomic mass is 32.1. The standard InChI is InChI=1S/C16H17N3OS/c1-3-11(2)17-16(20)14-15(12-7-9-21-10-12)19-8-5-4-6-13(19)18-14/h4-11H,3H2,1-2H3,(H,17,20)/t11-/m1/s1. The van der Waals surface area contributed by atoms with Crippen molar-refractivity contribution >= 4 is 22.9 Å². The number of pyridine rings is 1. The molecule has 1 atom stereocenters. The molecule has 3 aromatic heterocycles. The van der Waals surface area contributed by atoms with Crippen molar-refractivity contribution in [2.45, 2.75) is 26.3 Å². The lowest BCUT2D eigenvalue weighted by Crippen LogP contribution is -2.32. The van der Waals surface area contributed by atoms with Crippen LogP contribution in [0.3, 0.4) is 0 Å². The lowest BCUT2D eigenvalue weighted by atomic mass is 10.1. The molecule has 0 saturated carbocycles. The first kappa shape index (κ1) is 13.8. The number of aromatic nitrogens is 2. The van der Waals surface area contributed by atoms with Gasteiger partial charge in [-0.25, -0.2) is 4.98 Å². The molecule has 0 radical (unpaired) electrons. The summed E-state index contributed by atoms with van der Waals surface area (Å²) in [5.41, 5.74) is 3.15. The highest BCUT2D eigenvalue weighted by molar-refractivity contribution is 7.08. The largest absolute Gasteiger partial charge is 0.348 e. The Labute approximate surface area is 127 Å². The summed E-state index contributed by atoms with van der Waals surface area (Å²) in [6, 6.07) is 7.94. The molecule has 0 spiro atoms. The number of amides is 1. The minimum Gasteiger partial charge on any atom is -0.348 e. The normalized spacial score (nSPS) is 12.5. The van der Waals surface area contributed by atoms with Crippen LogP contribution in [-0.2, 0) is 0 Å². The SMILES string of the molecule is CC[C@@H](C)NC(=O)c1nc2ccccn2c1-c1ccsc1. The van der Waals surface area contributed by atoms with Crippen LogP contribution in [0.2, 0.25) is 0 Å². The highest BCUT2D eigenvalue weighted by Crippen LogP contribution is 2.27. The number of carbonyl (C=O) groups is 1. The second-order valence-electron chi connectivity index (χ2n) is 5.03. The van der Waals surface area contributed by atoms with E-state index in [1.54, 1.807) is 11.3 Å². The number of hydrogen-bond acceptors (Lipinski definition) is 3. The number of rotatable bonds is 4. The first-order valence-corrected chi connectivity index (χ1v) is 7.95. The molecule has 3 aromatic rings. The average molecular weight is 299 g/mol. The van der Waals surface area contributed by atoms with Crippen LogP contribution in [0.1, 0.15) is 30.8 Å². The summed E-state index contributed by atoms with van der Waals surface area (Å²) >= 11 is 1.61. The van der Waals surface area contributed by atoms with E-state index in [2.05, 4.69) is 17.2 Å². The molecule has 5 heteroatoms. The van der Waals surface area contributed by atoms with Gasteiger partial charge < -0.3 is 5.32 Å². The first-order valence-electron chi connectivity index (χ1n) is 7.01. The molecular weight excluding hydrogens is 282 g/mol. The maximum absolute atomic E-state index is 12.5. The fourth-order valence-corrected chi connectivity index (χ4v) is 2.86. The van der Waals surface area contributed by atoms with E-state index in [1.165, 1.54) is 0 Å². The molecule has 21 heavy (non-hydrogen) atoms. The minimum atomic E-state index is -0.116. The summed E-state index contributed by atoms with van der Waals surface area (Å²) < 4.78 is 1.97. The quantitative estimate of drug-likeness (QED) is 0.800. The van der Waals surface area contributed by atoms with E-state index in [1.807, 2.05) is 52.5 Å². The van der Waals surface area contributed by atoms with Crippen LogP contribution in [0.4, 0.5) is 0 Å². The summed E-state index contributed by atoms with van der Waals surface area (Å²) in [6.07, 6.45) is 2.84. The van der Waals surface area contributed by atoms with Gasteiger partial charge in [0.25, 0.3) is 5.91 Å². The van der Waals surface area contributed by atoms with Gasteiger partial charge >= 0.3 is 0 Å². The number of carbonyl (C=O) groups excluding carboxylic acids is 1. The molecule has 0 bridgehead atoms. The molecule has 0 fully saturated rings. The van der Waals surface area contributed by atoms with Crippen molar-refractivity contribution in [3.8, 4) is 11.3 Å². The second kappa shape index (κ2) is 5.69. The third kappa shape index (κ3) is 2.56. The Balaban J connectivity index is 2.13. The van der Waals surface area contributed by atoms with E-state index in [0.29, 0.717) is 5.69 Å². The maximum atomic E-state index is 12.5. The minimum absolute atomic E-state index is 0.116. The monoisotopic (exact) mass is 299 g/mol. The molecule has 0 unspecified atom stereocenters. The van der Waals surface area contributed by atoms with Crippen LogP contribution in [-0.4, -0.2) is 21.3 Å². The molecule has 0 saturated heterocycles. The molecule has 0 aliphatic carbocycles. The Hall–Kier alpha value is -2.14. The summed E-state index contributed by atoms with van der Waals surface area (Å²) in [7, 11) is 0. The Morgan fingerprint density at radius 1 is 1.43 bits per heavy atom. The lowest BCUT2D eigenvalue weighted by Gasteiger charge is -2.10. The van der Waals surface area contributed by atoms with Gasteiger partial charge in [0, 0.05) is 23.2 Å². The number of imidazole rings is 1. The van der Waals surface area contributed by atoms with E-state index in [0.717, 1.165) is 23.3 Å². The molecule has 3 heterocycles. The van der Waals surface area contributed by atoms with Crippen LogP contribution < -0.4 is 5.32 Å². The van der Waals surface area contributed by atoms with Crippen molar-refractivity contribution in [2.24, 2.45) is 0 Å². The van der Waals surface area contributed by atoms with Gasteiger partial charge in [-0.3, -0.25) is 9.20 Å². The van der Waals surface area contributed by atoms with Crippen molar-refractivity contribution in [1.29, 1.82) is 0 Å². The Bertz CT molecular complexity index is 761. The van der Waals surface area contributed by atoms with Crippen molar-refractivity contribution in [1.82, 2.24) is 14.7 Å². The topological polar surface area (TPSA) is 46.4 Å². The third-order valence-corrected chi connectivity index (χ3v) is 4.21. The van der Waals surface area contributed by atoms with Gasteiger partial charge in [-0.05, 0) is 36.9 Å². The number of hydrogen-bond donors (Lipinski definition) is 1. The van der Waals surface area contributed by atoms with Gasteiger partial charge in [-0.15, -0.1) is 0 Å². The van der Waals surface area contributed by atoms with Crippen LogP contribution in [0.15, 0.2) is 41.2 Å². The third-order valence-electron chi connectivity index (χ3n) is 3.53. The van der Waals surface area contributed by atoms with Crippen molar-refractivity contribution in [2.75, 3.05) is 0 Å². The number of nitrogens with one attached hydrogen (secondary N) is 1. The van der Waals surface area contributed by atoms with Gasteiger partial charge in [0.15, 0.2) is 5.69 Å². The Morgan fingerprint density at radius 2 is 2.29 bits per heavy atom. The van der Waals surface area contributed by atoms with Gasteiger partial charge in [0.2, 0.25) is 0 Å². The van der Waals surface area contributed by atoms with Gasteiger partial charge in [0.05, 0.1) is 5.69 Å². The van der Waals surface area contributed by atoms with Crippen molar-refractivity contribution < 1.29 is 4.79 Å². The molecule has 0 aromatic carbocycles. The molecule has 4 nitrogen and oxygen atoms in total. The Kier molecular flexibility index (Phi) is 3.75. The smallest absolute Gasteiger partial charge is 0.272 e. The van der Waals surface area contributed by atoms with Gasteiger partial charge in [-0.2, -0.15) is 11.3 Å². The summed E-state index contributed by atoms with van der Waals surface area (Å²) in [6.45, 7) is 4.05. The molecule has 0 aliphatic heterocycles. The molecule has 108 valence electrons. The predicted octanol–water partition coefficient (Wildman–Crippen LogP) is 3.59. The Morgan fingerprint density at radius 3 is 3.00 bits per heavy atom. The highest BCUT2D eigenvalue weighted by Gasteiger charge is 2.21. The fourth-order valence-electron chi connectivity index (χ4n) is 2.22. The first-order chi connectivity index (χ1) is 10.2. The zero-order valence-corrected chi connectivity index (χ0v) is 12.9. The predicted molar refractivity (Wildman–Crippen MR) is 85.7 cm³/mol. The van der Waals surface area contributed by atoms with Gasteiger partial charge in [0.1, 0.15) is 5.65 Å². The summed E-state index contributed by atoms with van der Waals surface area (Å²) in [5.74, 6) is -0.116. The van der Waals surface area contributed by atoms with Gasteiger partial charge in [-0.1, -0.05) is 13.0 Å². The summed E-state index contributed by atoms with van der Waals surface area (Å²) in [5, 5.41) is 7.04. The molecule has 0 aliphatic rings. The lowest BCUT2D eigenvalue weighted by molar-refractivity contribution is 0.0935. The van der Waals surface area contributed by atoms with E-state index >= 15 is 0 Å².